The monoisotopic (exact) mass is 406 g/mol. The average molecular weight is 406 g/mol. The van der Waals surface area contributed by atoms with Gasteiger partial charge in [-0.05, 0) is 42.8 Å². The van der Waals surface area contributed by atoms with Crippen LogP contribution >= 0.6 is 0 Å². The maximum atomic E-state index is 13.5. The Kier molecular flexibility index (Phi) is 4.52. The molecule has 1 aromatic heterocycles. The summed E-state index contributed by atoms with van der Waals surface area (Å²) < 4.78 is 0. The SMILES string of the molecule is Cc1ccccc1N1C(=O)/C(=C\c2cnn(-c3ccccc3)n2)c2ccccc2C1=O. The number of benzene rings is 3. The van der Waals surface area contributed by atoms with E-state index in [2.05, 4.69) is 10.2 Å². The Labute approximate surface area is 179 Å². The first-order valence-electron chi connectivity index (χ1n) is 9.87. The number of hydrogen-bond acceptors (Lipinski definition) is 4. The number of fused-ring (bicyclic) bond motifs is 1. The van der Waals surface area contributed by atoms with Crippen LogP contribution in [0.15, 0.2) is 85.1 Å². The van der Waals surface area contributed by atoms with Crippen molar-refractivity contribution in [3.8, 4) is 5.69 Å². The third-order valence-corrected chi connectivity index (χ3v) is 5.23. The van der Waals surface area contributed by atoms with E-state index in [1.165, 1.54) is 9.70 Å². The van der Waals surface area contributed by atoms with E-state index in [1.54, 1.807) is 36.5 Å². The quantitative estimate of drug-likeness (QED) is 0.376. The molecule has 3 aromatic carbocycles. The summed E-state index contributed by atoms with van der Waals surface area (Å²) in [5, 5.41) is 8.80. The highest BCUT2D eigenvalue weighted by Crippen LogP contribution is 2.34. The normalized spacial score (nSPS) is 14.7. The maximum Gasteiger partial charge on any atom is 0.266 e. The number of rotatable bonds is 3. The fraction of sp³-hybridized carbons (Fsp3) is 0.0400. The second-order valence-corrected chi connectivity index (χ2v) is 7.23. The molecule has 0 fully saturated rings. The van der Waals surface area contributed by atoms with Crippen LogP contribution in [0.3, 0.4) is 0 Å². The molecule has 0 bridgehead atoms. The van der Waals surface area contributed by atoms with Gasteiger partial charge in [0.25, 0.3) is 11.8 Å². The molecule has 0 aliphatic carbocycles. The molecule has 1 aliphatic heterocycles. The standard InChI is InChI=1S/C25H18N4O2/c1-17-9-5-8-14-23(17)28-24(30)21-13-7-6-12-20(21)22(25(28)31)15-18-16-26-29(27-18)19-10-3-2-4-11-19/h2-16H,1H3/b22-15-. The first-order valence-corrected chi connectivity index (χ1v) is 9.87. The highest BCUT2D eigenvalue weighted by Gasteiger charge is 2.36. The minimum atomic E-state index is -0.382. The van der Waals surface area contributed by atoms with Crippen LogP contribution in [0.5, 0.6) is 0 Å². The summed E-state index contributed by atoms with van der Waals surface area (Å²) in [6.07, 6.45) is 3.29. The molecule has 0 unspecified atom stereocenters. The van der Waals surface area contributed by atoms with Crippen molar-refractivity contribution in [2.24, 2.45) is 0 Å². The number of anilines is 1. The predicted octanol–water partition coefficient (Wildman–Crippen LogP) is 4.30. The largest absolute Gasteiger partial charge is 0.268 e. The summed E-state index contributed by atoms with van der Waals surface area (Å²) in [6, 6.07) is 24.0. The number of imide groups is 1. The molecule has 2 amide bonds. The Morgan fingerprint density at radius 2 is 1.45 bits per heavy atom. The fourth-order valence-electron chi connectivity index (χ4n) is 3.70. The summed E-state index contributed by atoms with van der Waals surface area (Å²) >= 11 is 0. The molecule has 0 spiro atoms. The molecule has 0 atom stereocenters. The molecular weight excluding hydrogens is 388 g/mol. The van der Waals surface area contributed by atoms with Crippen molar-refractivity contribution < 1.29 is 9.59 Å². The van der Waals surface area contributed by atoms with Gasteiger partial charge in [0.1, 0.15) is 5.69 Å². The van der Waals surface area contributed by atoms with Gasteiger partial charge < -0.3 is 0 Å². The van der Waals surface area contributed by atoms with Crippen LogP contribution in [0.1, 0.15) is 27.2 Å². The Morgan fingerprint density at radius 3 is 2.23 bits per heavy atom. The van der Waals surface area contributed by atoms with Crippen molar-refractivity contribution in [1.82, 2.24) is 15.0 Å². The molecule has 1 aliphatic rings. The summed E-state index contributed by atoms with van der Waals surface area (Å²) in [6.45, 7) is 1.88. The topological polar surface area (TPSA) is 68.1 Å². The van der Waals surface area contributed by atoms with E-state index < -0.39 is 0 Å². The second-order valence-electron chi connectivity index (χ2n) is 7.23. The number of para-hydroxylation sites is 2. The van der Waals surface area contributed by atoms with Crippen LogP contribution in [0, 0.1) is 6.92 Å². The third kappa shape index (κ3) is 3.24. The Balaban J connectivity index is 1.63. The van der Waals surface area contributed by atoms with Gasteiger partial charge in [-0.3, -0.25) is 9.59 Å². The average Bonchev–Trinajstić information content (AvgIpc) is 3.27. The number of aryl methyl sites for hydroxylation is 1. The van der Waals surface area contributed by atoms with Gasteiger partial charge in [-0.1, -0.05) is 54.6 Å². The van der Waals surface area contributed by atoms with Crippen molar-refractivity contribution in [2.45, 2.75) is 6.92 Å². The fourth-order valence-corrected chi connectivity index (χ4v) is 3.70. The number of hydrogen-bond donors (Lipinski definition) is 0. The van der Waals surface area contributed by atoms with Crippen molar-refractivity contribution in [2.75, 3.05) is 4.90 Å². The zero-order valence-electron chi connectivity index (χ0n) is 16.8. The van der Waals surface area contributed by atoms with Crippen molar-refractivity contribution in [3.05, 3.63) is 107 Å². The van der Waals surface area contributed by atoms with E-state index in [-0.39, 0.29) is 11.8 Å². The van der Waals surface area contributed by atoms with E-state index in [4.69, 9.17) is 0 Å². The molecule has 0 saturated heterocycles. The second kappa shape index (κ2) is 7.50. The van der Waals surface area contributed by atoms with Gasteiger partial charge in [0.2, 0.25) is 0 Å². The van der Waals surface area contributed by atoms with Crippen molar-refractivity contribution in [3.63, 3.8) is 0 Å². The van der Waals surface area contributed by atoms with Gasteiger partial charge in [0.15, 0.2) is 0 Å². The van der Waals surface area contributed by atoms with Crippen LogP contribution in [0.2, 0.25) is 0 Å². The van der Waals surface area contributed by atoms with Gasteiger partial charge in [-0.2, -0.15) is 9.90 Å². The Morgan fingerprint density at radius 1 is 0.774 bits per heavy atom. The van der Waals surface area contributed by atoms with E-state index >= 15 is 0 Å². The smallest absolute Gasteiger partial charge is 0.266 e. The molecule has 2 heterocycles. The van der Waals surface area contributed by atoms with Crippen LogP contribution < -0.4 is 4.90 Å². The molecule has 150 valence electrons. The lowest BCUT2D eigenvalue weighted by molar-refractivity contribution is -0.112. The van der Waals surface area contributed by atoms with E-state index in [1.807, 2.05) is 61.5 Å². The molecule has 6 heteroatoms. The van der Waals surface area contributed by atoms with Crippen LogP contribution in [-0.2, 0) is 4.79 Å². The number of amides is 2. The molecular formula is C25H18N4O2. The lowest BCUT2D eigenvalue weighted by atomic mass is 9.92. The van der Waals surface area contributed by atoms with Crippen molar-refractivity contribution >= 4 is 29.2 Å². The molecule has 31 heavy (non-hydrogen) atoms. The first-order chi connectivity index (χ1) is 15.1. The highest BCUT2D eigenvalue weighted by molar-refractivity contribution is 6.43. The lowest BCUT2D eigenvalue weighted by Gasteiger charge is -2.29. The van der Waals surface area contributed by atoms with E-state index in [0.29, 0.717) is 28.1 Å². The number of nitrogens with zero attached hydrogens (tertiary/aromatic N) is 4. The summed E-state index contributed by atoms with van der Waals surface area (Å²) in [7, 11) is 0. The van der Waals surface area contributed by atoms with Gasteiger partial charge in [0.05, 0.1) is 23.1 Å². The van der Waals surface area contributed by atoms with Gasteiger partial charge in [-0.15, -0.1) is 5.10 Å². The Bertz CT molecular complexity index is 1340. The molecule has 0 saturated carbocycles. The number of aromatic nitrogens is 3. The van der Waals surface area contributed by atoms with Crippen molar-refractivity contribution in [1.29, 1.82) is 0 Å². The number of carbonyl (C=O) groups excluding carboxylic acids is 2. The third-order valence-electron chi connectivity index (χ3n) is 5.23. The lowest BCUT2D eigenvalue weighted by Crippen LogP contribution is -2.42. The molecule has 0 radical (unpaired) electrons. The first kappa shape index (κ1) is 18.7. The van der Waals surface area contributed by atoms with Crippen LogP contribution in [0.25, 0.3) is 17.3 Å². The zero-order chi connectivity index (χ0) is 21.4. The molecule has 5 rings (SSSR count). The Hall–Kier alpha value is -4.32. The summed E-state index contributed by atoms with van der Waals surface area (Å²) in [5.74, 6) is -0.716. The summed E-state index contributed by atoms with van der Waals surface area (Å²) in [5.41, 5.74) is 4.24. The molecule has 4 aromatic rings. The van der Waals surface area contributed by atoms with Crippen LogP contribution in [0.4, 0.5) is 5.69 Å². The van der Waals surface area contributed by atoms with Crippen LogP contribution in [-0.4, -0.2) is 26.8 Å². The molecule has 6 nitrogen and oxygen atoms in total. The predicted molar refractivity (Wildman–Crippen MR) is 119 cm³/mol. The van der Waals surface area contributed by atoms with Gasteiger partial charge >= 0.3 is 0 Å². The number of carbonyl (C=O) groups is 2. The van der Waals surface area contributed by atoms with Gasteiger partial charge in [0, 0.05) is 11.1 Å². The van der Waals surface area contributed by atoms with E-state index in [9.17, 15) is 9.59 Å². The maximum absolute atomic E-state index is 13.5. The highest BCUT2D eigenvalue weighted by atomic mass is 16.2. The minimum absolute atomic E-state index is 0.333. The molecule has 0 N–H and O–H groups in total. The minimum Gasteiger partial charge on any atom is -0.268 e. The summed E-state index contributed by atoms with van der Waals surface area (Å²) in [4.78, 5) is 29.5. The zero-order valence-corrected chi connectivity index (χ0v) is 16.8. The van der Waals surface area contributed by atoms with E-state index in [0.717, 1.165) is 11.3 Å². The van der Waals surface area contributed by atoms with Gasteiger partial charge in [-0.25, -0.2) is 4.90 Å².